The molecule has 0 aliphatic heterocycles. The highest BCUT2D eigenvalue weighted by molar-refractivity contribution is 9.11. The molecule has 0 saturated carbocycles. The summed E-state index contributed by atoms with van der Waals surface area (Å²) in [6.45, 7) is 1.75. The van der Waals surface area contributed by atoms with Crippen LogP contribution in [0.5, 0.6) is 0 Å². The number of hydrogen-bond acceptors (Lipinski definition) is 4. The van der Waals surface area contributed by atoms with E-state index in [0.29, 0.717) is 21.6 Å². The minimum absolute atomic E-state index is 0.238. The predicted octanol–water partition coefficient (Wildman–Crippen LogP) is 2.79. The fraction of sp³-hybridized carbons (Fsp3) is 0.0833. The third-order valence-corrected chi connectivity index (χ3v) is 6.09. The van der Waals surface area contributed by atoms with Crippen molar-refractivity contribution in [2.45, 2.75) is 11.8 Å². The third-order valence-electron chi connectivity index (χ3n) is 2.90. The number of sulfonamides is 1. The van der Waals surface area contributed by atoms with Crippen LogP contribution in [-0.2, 0) is 10.0 Å². The number of anilines is 1. The van der Waals surface area contributed by atoms with Gasteiger partial charge in [0.05, 0.1) is 20.5 Å². The number of hydrogen-bond donors (Lipinski definition) is 3. The summed E-state index contributed by atoms with van der Waals surface area (Å²) < 4.78 is 28.0. The van der Waals surface area contributed by atoms with E-state index in [4.69, 9.17) is 0 Å². The highest BCUT2D eigenvalue weighted by atomic mass is 79.9. The molecule has 0 spiro atoms. The van der Waals surface area contributed by atoms with E-state index >= 15 is 0 Å². The molecule has 21 heavy (non-hydrogen) atoms. The lowest BCUT2D eigenvalue weighted by Gasteiger charge is -2.07. The first-order valence-corrected chi connectivity index (χ1v) is 8.95. The van der Waals surface area contributed by atoms with Crippen molar-refractivity contribution in [2.75, 3.05) is 4.72 Å². The molecule has 2 heterocycles. The Morgan fingerprint density at radius 3 is 2.57 bits per heavy atom. The van der Waals surface area contributed by atoms with Gasteiger partial charge in [-0.05, 0) is 47.1 Å². The Morgan fingerprint density at radius 1 is 1.19 bits per heavy atom. The van der Waals surface area contributed by atoms with Crippen LogP contribution < -0.4 is 10.4 Å². The molecule has 1 aromatic carbocycles. The zero-order chi connectivity index (χ0) is 15.2. The average molecular weight is 388 g/mol. The number of nitrogens with one attached hydrogen (secondary N) is 3. The normalized spacial score (nSPS) is 11.9. The van der Waals surface area contributed by atoms with Crippen molar-refractivity contribution in [1.82, 2.24) is 9.97 Å². The van der Waals surface area contributed by atoms with Gasteiger partial charge in [0.1, 0.15) is 4.90 Å². The molecule has 0 aliphatic carbocycles. The lowest BCUT2D eigenvalue weighted by Crippen LogP contribution is -2.13. The number of aromatic nitrogens is 2. The molecule has 9 heteroatoms. The summed E-state index contributed by atoms with van der Waals surface area (Å²) in [5, 5.41) is 0. The maximum Gasteiger partial charge on any atom is 0.323 e. The van der Waals surface area contributed by atoms with E-state index in [2.05, 4.69) is 30.6 Å². The van der Waals surface area contributed by atoms with Crippen LogP contribution in [0.3, 0.4) is 0 Å². The van der Waals surface area contributed by atoms with Crippen LogP contribution in [0.2, 0.25) is 0 Å². The molecule has 3 rings (SSSR count). The maximum atomic E-state index is 12.4. The van der Waals surface area contributed by atoms with Gasteiger partial charge in [0, 0.05) is 4.88 Å². The van der Waals surface area contributed by atoms with E-state index in [9.17, 15) is 13.2 Å². The van der Waals surface area contributed by atoms with E-state index in [0.717, 1.165) is 3.79 Å². The van der Waals surface area contributed by atoms with E-state index in [1.807, 2.05) is 0 Å². The van der Waals surface area contributed by atoms with Crippen LogP contribution in [0.15, 0.2) is 37.7 Å². The highest BCUT2D eigenvalue weighted by Gasteiger charge is 2.19. The molecule has 0 radical (unpaired) electrons. The van der Waals surface area contributed by atoms with Crippen molar-refractivity contribution >= 4 is 54.0 Å². The Hall–Kier alpha value is -1.58. The maximum absolute atomic E-state index is 12.4. The van der Waals surface area contributed by atoms with Crippen LogP contribution in [0, 0.1) is 6.92 Å². The molecule has 0 unspecified atom stereocenters. The highest BCUT2D eigenvalue weighted by Crippen LogP contribution is 2.31. The second-order valence-electron chi connectivity index (χ2n) is 4.42. The van der Waals surface area contributed by atoms with Crippen LogP contribution in [-0.4, -0.2) is 18.4 Å². The number of aromatic amines is 2. The van der Waals surface area contributed by atoms with Crippen LogP contribution in [0.1, 0.15) is 4.88 Å². The summed E-state index contributed by atoms with van der Waals surface area (Å²) in [5.41, 5.74) is 1.22. The Bertz CT molecular complexity index is 985. The SMILES string of the molecule is Cc1sc(Br)cc1S(=O)(=O)Nc1ccc2[nH]c(=O)[nH]c2c1. The van der Waals surface area contributed by atoms with Crippen molar-refractivity contribution in [2.24, 2.45) is 0 Å². The number of aryl methyl sites for hydroxylation is 1. The van der Waals surface area contributed by atoms with Gasteiger partial charge in [-0.15, -0.1) is 11.3 Å². The second kappa shape index (κ2) is 5.00. The van der Waals surface area contributed by atoms with Gasteiger partial charge < -0.3 is 9.97 Å². The summed E-state index contributed by atoms with van der Waals surface area (Å²) in [4.78, 5) is 17.3. The summed E-state index contributed by atoms with van der Waals surface area (Å²) in [6, 6.07) is 6.38. The monoisotopic (exact) mass is 387 g/mol. The van der Waals surface area contributed by atoms with Crippen LogP contribution in [0.25, 0.3) is 11.0 Å². The fourth-order valence-electron chi connectivity index (χ4n) is 2.00. The first kappa shape index (κ1) is 14.4. The zero-order valence-corrected chi connectivity index (χ0v) is 13.9. The average Bonchev–Trinajstić information content (AvgIpc) is 2.90. The predicted molar refractivity (Wildman–Crippen MR) is 86.5 cm³/mol. The minimum Gasteiger partial charge on any atom is -0.306 e. The molecule has 0 atom stereocenters. The van der Waals surface area contributed by atoms with Gasteiger partial charge in [-0.2, -0.15) is 0 Å². The van der Waals surface area contributed by atoms with Gasteiger partial charge in [-0.1, -0.05) is 0 Å². The minimum atomic E-state index is -3.66. The van der Waals surface area contributed by atoms with Gasteiger partial charge in [0.2, 0.25) is 0 Å². The summed E-state index contributed by atoms with van der Waals surface area (Å²) >= 11 is 4.64. The Kier molecular flexibility index (Phi) is 3.42. The molecular weight excluding hydrogens is 378 g/mol. The number of thiophene rings is 1. The lowest BCUT2D eigenvalue weighted by atomic mass is 10.3. The quantitative estimate of drug-likeness (QED) is 0.644. The Labute approximate surface area is 132 Å². The summed E-state index contributed by atoms with van der Waals surface area (Å²) in [7, 11) is -3.66. The van der Waals surface area contributed by atoms with E-state index in [1.54, 1.807) is 31.2 Å². The smallest absolute Gasteiger partial charge is 0.306 e. The summed E-state index contributed by atoms with van der Waals surface area (Å²) in [5.74, 6) is 0. The number of rotatable bonds is 3. The molecule has 0 saturated heterocycles. The largest absolute Gasteiger partial charge is 0.323 e. The number of H-pyrrole nitrogens is 2. The number of halogens is 1. The van der Waals surface area contributed by atoms with Crippen molar-refractivity contribution in [3.63, 3.8) is 0 Å². The van der Waals surface area contributed by atoms with Crippen molar-refractivity contribution < 1.29 is 8.42 Å². The number of benzene rings is 1. The number of imidazole rings is 1. The van der Waals surface area contributed by atoms with E-state index in [1.165, 1.54) is 11.3 Å². The first-order valence-electron chi connectivity index (χ1n) is 5.86. The van der Waals surface area contributed by atoms with Gasteiger partial charge in [-0.3, -0.25) is 4.72 Å². The first-order chi connectivity index (χ1) is 9.85. The second-order valence-corrected chi connectivity index (χ2v) is 8.70. The van der Waals surface area contributed by atoms with Crippen molar-refractivity contribution in [3.8, 4) is 0 Å². The third kappa shape index (κ3) is 2.76. The van der Waals surface area contributed by atoms with Gasteiger partial charge in [0.15, 0.2) is 0 Å². The number of fused-ring (bicyclic) bond motifs is 1. The molecule has 0 amide bonds. The van der Waals surface area contributed by atoms with Gasteiger partial charge in [0.25, 0.3) is 10.0 Å². The fourth-order valence-corrected chi connectivity index (χ4v) is 5.47. The molecular formula is C12H10BrN3O3S2. The molecule has 0 aliphatic rings. The van der Waals surface area contributed by atoms with E-state index < -0.39 is 10.0 Å². The lowest BCUT2D eigenvalue weighted by molar-refractivity contribution is 0.601. The molecule has 110 valence electrons. The standard InChI is InChI=1S/C12H10BrN3O3S2/c1-6-10(5-11(13)20-6)21(18,19)16-7-2-3-8-9(4-7)15-12(17)14-8/h2-5,16H,1H3,(H2,14,15,17). The molecule has 2 aromatic heterocycles. The van der Waals surface area contributed by atoms with Crippen LogP contribution >= 0.6 is 27.3 Å². The van der Waals surface area contributed by atoms with Gasteiger partial charge >= 0.3 is 5.69 Å². The molecule has 0 bridgehead atoms. The Balaban J connectivity index is 2.00. The Morgan fingerprint density at radius 2 is 1.90 bits per heavy atom. The molecule has 6 nitrogen and oxygen atoms in total. The van der Waals surface area contributed by atoms with Gasteiger partial charge in [-0.25, -0.2) is 13.2 Å². The van der Waals surface area contributed by atoms with Crippen LogP contribution in [0.4, 0.5) is 5.69 Å². The molecule has 3 aromatic rings. The summed E-state index contributed by atoms with van der Waals surface area (Å²) in [6.07, 6.45) is 0. The van der Waals surface area contributed by atoms with E-state index in [-0.39, 0.29) is 10.6 Å². The van der Waals surface area contributed by atoms with Crippen molar-refractivity contribution in [1.29, 1.82) is 0 Å². The topological polar surface area (TPSA) is 94.8 Å². The van der Waals surface area contributed by atoms with Crippen molar-refractivity contribution in [3.05, 3.63) is 43.4 Å². The molecule has 3 N–H and O–H groups in total. The zero-order valence-electron chi connectivity index (χ0n) is 10.7. The molecule has 0 fully saturated rings.